The number of anilines is 1. The van der Waals surface area contributed by atoms with Crippen LogP contribution in [0.4, 0.5) is 15.3 Å². The molecule has 1 saturated heterocycles. The molecule has 0 unspecified atom stereocenters. The van der Waals surface area contributed by atoms with E-state index in [0.717, 1.165) is 10.9 Å². The van der Waals surface area contributed by atoms with Crippen molar-refractivity contribution in [1.82, 2.24) is 4.57 Å². The van der Waals surface area contributed by atoms with Crippen molar-refractivity contribution in [2.24, 2.45) is 0 Å². The third-order valence-electron chi connectivity index (χ3n) is 6.35. The quantitative estimate of drug-likeness (QED) is 0.467. The maximum absolute atomic E-state index is 13.5. The molecular weight excluding hydrogens is 460 g/mol. The fraction of sp³-hybridized carbons (Fsp3) is 0.429. The third-order valence-corrected chi connectivity index (χ3v) is 6.35. The first kappa shape index (κ1) is 24.3. The summed E-state index contributed by atoms with van der Waals surface area (Å²) in [7, 11) is 0. The Balaban J connectivity index is 1.63. The first-order valence-corrected chi connectivity index (χ1v) is 12.1. The molecule has 1 fully saturated rings. The Labute approximate surface area is 210 Å². The lowest BCUT2D eigenvalue weighted by Gasteiger charge is -2.31. The smallest absolute Gasteiger partial charge is 0.419 e. The molecule has 1 amide bonds. The standard InChI is InChI=1S/C28H32N2O6/c1-27(2,3)35-25(32)29-15-18(16-11-7-9-13-19(16)29)23-22-21(24(31)34-23)17-12-8-10-14-20(17)30(22)26(33)36-28(4,5)6/h7-15,21-24,31H,1-6H3/t21-,22+,23+,24-/m1/s1. The zero-order valence-electron chi connectivity index (χ0n) is 21.4. The normalized spacial score (nSPS) is 23.5. The predicted molar refractivity (Wildman–Crippen MR) is 135 cm³/mol. The molecule has 3 aromatic rings. The van der Waals surface area contributed by atoms with Gasteiger partial charge in [0, 0.05) is 17.1 Å². The number of nitrogens with zero attached hydrogens (tertiary/aromatic N) is 2. The first-order valence-electron chi connectivity index (χ1n) is 12.1. The molecule has 1 N–H and O–H groups in total. The van der Waals surface area contributed by atoms with E-state index < -0.39 is 47.7 Å². The van der Waals surface area contributed by atoms with Crippen molar-refractivity contribution in [3.8, 4) is 0 Å². The summed E-state index contributed by atoms with van der Waals surface area (Å²) < 4.78 is 19.0. The SMILES string of the molecule is CC(C)(C)OC(=O)N1c2ccccc2[C@@H]2[C@H]1[C@H](c1cn(C(=O)OC(C)(C)C)c3ccccc13)O[C@H]2O. The van der Waals surface area contributed by atoms with Gasteiger partial charge in [-0.15, -0.1) is 0 Å². The van der Waals surface area contributed by atoms with Crippen LogP contribution >= 0.6 is 0 Å². The number of aromatic nitrogens is 1. The second-order valence-electron chi connectivity index (χ2n) is 11.3. The van der Waals surface area contributed by atoms with E-state index >= 15 is 0 Å². The number of hydrogen-bond acceptors (Lipinski definition) is 6. The summed E-state index contributed by atoms with van der Waals surface area (Å²) in [6.45, 7) is 10.9. The van der Waals surface area contributed by atoms with Gasteiger partial charge in [0.1, 0.15) is 17.3 Å². The van der Waals surface area contributed by atoms with Gasteiger partial charge in [-0.3, -0.25) is 9.47 Å². The van der Waals surface area contributed by atoms with Crippen LogP contribution in [0.25, 0.3) is 10.9 Å². The Bertz CT molecular complexity index is 1330. The molecule has 2 aliphatic heterocycles. The number of ether oxygens (including phenoxy) is 3. The average Bonchev–Trinajstić information content (AvgIpc) is 3.41. The minimum atomic E-state index is -1.14. The number of aliphatic hydroxyl groups is 1. The summed E-state index contributed by atoms with van der Waals surface area (Å²) in [6, 6.07) is 14.4. The highest BCUT2D eigenvalue weighted by Crippen LogP contribution is 2.54. The summed E-state index contributed by atoms with van der Waals surface area (Å²) in [5.74, 6) is -0.470. The van der Waals surface area contributed by atoms with Gasteiger partial charge >= 0.3 is 12.2 Å². The van der Waals surface area contributed by atoms with Crippen LogP contribution in [0, 0.1) is 0 Å². The summed E-state index contributed by atoms with van der Waals surface area (Å²) >= 11 is 0. The lowest BCUT2D eigenvalue weighted by atomic mass is 9.91. The number of carbonyl (C=O) groups excluding carboxylic acids is 2. The molecule has 36 heavy (non-hydrogen) atoms. The van der Waals surface area contributed by atoms with Gasteiger partial charge in [-0.1, -0.05) is 36.4 Å². The molecule has 1 aromatic heterocycles. The van der Waals surface area contributed by atoms with Crippen LogP contribution < -0.4 is 4.90 Å². The lowest BCUT2D eigenvalue weighted by Crippen LogP contribution is -2.44. The zero-order valence-corrected chi connectivity index (χ0v) is 21.4. The molecule has 0 bridgehead atoms. The number of fused-ring (bicyclic) bond motifs is 4. The lowest BCUT2D eigenvalue weighted by molar-refractivity contribution is -0.0986. The summed E-state index contributed by atoms with van der Waals surface area (Å²) in [5, 5.41) is 11.8. The van der Waals surface area contributed by atoms with Crippen molar-refractivity contribution < 1.29 is 28.9 Å². The van der Waals surface area contributed by atoms with Gasteiger partial charge in [-0.25, -0.2) is 9.59 Å². The van der Waals surface area contributed by atoms with Crippen LogP contribution in [0.1, 0.15) is 64.7 Å². The van der Waals surface area contributed by atoms with Crippen LogP contribution in [0.2, 0.25) is 0 Å². The van der Waals surface area contributed by atoms with Gasteiger partial charge in [0.25, 0.3) is 0 Å². The molecule has 0 radical (unpaired) electrons. The van der Waals surface area contributed by atoms with Crippen molar-refractivity contribution in [3.63, 3.8) is 0 Å². The van der Waals surface area contributed by atoms with Crippen LogP contribution in [0.15, 0.2) is 54.7 Å². The molecule has 8 heteroatoms. The molecule has 5 rings (SSSR count). The number of carbonyl (C=O) groups is 2. The van der Waals surface area contributed by atoms with E-state index in [0.29, 0.717) is 16.8 Å². The molecule has 0 aliphatic carbocycles. The number of rotatable bonds is 1. The van der Waals surface area contributed by atoms with E-state index in [1.54, 1.807) is 11.1 Å². The van der Waals surface area contributed by atoms with E-state index in [2.05, 4.69) is 0 Å². The highest BCUT2D eigenvalue weighted by atomic mass is 16.6. The summed E-state index contributed by atoms with van der Waals surface area (Å²) in [4.78, 5) is 28.1. The first-order chi connectivity index (χ1) is 16.9. The summed E-state index contributed by atoms with van der Waals surface area (Å²) in [5.41, 5.74) is 1.47. The fourth-order valence-corrected chi connectivity index (χ4v) is 5.14. The van der Waals surface area contributed by atoms with Gasteiger partial charge in [-0.2, -0.15) is 0 Å². The van der Waals surface area contributed by atoms with Crippen molar-refractivity contribution in [2.45, 2.75) is 77.1 Å². The topological polar surface area (TPSA) is 90.2 Å². The van der Waals surface area contributed by atoms with E-state index in [9.17, 15) is 14.7 Å². The number of hydrogen-bond donors (Lipinski definition) is 1. The molecule has 0 spiro atoms. The molecule has 2 aliphatic rings. The van der Waals surface area contributed by atoms with Crippen LogP contribution in [-0.4, -0.2) is 45.4 Å². The van der Waals surface area contributed by atoms with Gasteiger partial charge in [0.2, 0.25) is 0 Å². The average molecular weight is 493 g/mol. The largest absolute Gasteiger partial charge is 0.443 e. The van der Waals surface area contributed by atoms with Crippen molar-refractivity contribution in [1.29, 1.82) is 0 Å². The maximum Gasteiger partial charge on any atom is 0.419 e. The van der Waals surface area contributed by atoms with E-state index in [1.165, 1.54) is 4.57 Å². The van der Waals surface area contributed by atoms with E-state index in [4.69, 9.17) is 14.2 Å². The van der Waals surface area contributed by atoms with Gasteiger partial charge < -0.3 is 19.3 Å². The third kappa shape index (κ3) is 4.14. The Kier molecular flexibility index (Phi) is 5.65. The van der Waals surface area contributed by atoms with Gasteiger partial charge in [0.05, 0.1) is 23.2 Å². The van der Waals surface area contributed by atoms with Crippen LogP contribution in [0.3, 0.4) is 0 Å². The molecule has 4 atom stereocenters. The Morgan fingerprint density at radius 1 is 0.861 bits per heavy atom. The second-order valence-corrected chi connectivity index (χ2v) is 11.3. The molecule has 3 heterocycles. The van der Waals surface area contributed by atoms with Crippen molar-refractivity contribution >= 4 is 28.8 Å². The fourth-order valence-electron chi connectivity index (χ4n) is 5.14. The van der Waals surface area contributed by atoms with Crippen molar-refractivity contribution in [2.75, 3.05) is 4.90 Å². The number of aliphatic hydroxyl groups excluding tert-OH is 1. The van der Waals surface area contributed by atoms with E-state index in [-0.39, 0.29) is 0 Å². The van der Waals surface area contributed by atoms with E-state index in [1.807, 2.05) is 90.1 Å². The molecular formula is C28H32N2O6. The number of para-hydroxylation sites is 2. The zero-order chi connectivity index (χ0) is 26.0. The monoisotopic (exact) mass is 492 g/mol. The van der Waals surface area contributed by atoms with Gasteiger partial charge in [0.15, 0.2) is 6.29 Å². The molecule has 8 nitrogen and oxygen atoms in total. The summed E-state index contributed by atoms with van der Waals surface area (Å²) in [6.07, 6.45) is -1.19. The predicted octanol–water partition coefficient (Wildman–Crippen LogP) is 5.72. The van der Waals surface area contributed by atoms with Crippen LogP contribution in [-0.2, 0) is 14.2 Å². The molecule has 190 valence electrons. The van der Waals surface area contributed by atoms with Crippen molar-refractivity contribution in [3.05, 3.63) is 65.9 Å². The number of benzene rings is 2. The minimum Gasteiger partial charge on any atom is -0.443 e. The Morgan fingerprint density at radius 3 is 2.17 bits per heavy atom. The molecule has 0 saturated carbocycles. The Hall–Kier alpha value is -3.36. The minimum absolute atomic E-state index is 0.470. The second kappa shape index (κ2) is 8.35. The highest BCUT2D eigenvalue weighted by molar-refractivity contribution is 5.95. The highest BCUT2D eigenvalue weighted by Gasteiger charge is 2.56. The maximum atomic E-state index is 13.5. The van der Waals surface area contributed by atoms with Crippen LogP contribution in [0.5, 0.6) is 0 Å². The Morgan fingerprint density at radius 2 is 1.47 bits per heavy atom. The number of amides is 1. The van der Waals surface area contributed by atoms with Gasteiger partial charge in [-0.05, 0) is 59.2 Å². The molecule has 2 aromatic carbocycles.